The summed E-state index contributed by atoms with van der Waals surface area (Å²) in [6.45, 7) is 2.61. The van der Waals surface area contributed by atoms with Gasteiger partial charge in [0.15, 0.2) is 0 Å². The maximum Gasteiger partial charge on any atom is 0.319 e. The van der Waals surface area contributed by atoms with E-state index >= 15 is 0 Å². The van der Waals surface area contributed by atoms with Gasteiger partial charge in [-0.3, -0.25) is 0 Å². The molecule has 136 valence electrons. The number of aliphatic hydroxyl groups is 1. The standard InChI is InChI=1S/C18H26N4O3/c1-12(19-18(25)22-10-2-3-16(22)11-23)13-4-6-14(7-5-13)20-17(24)21-15-8-9-15/h4-7,12,15-16,23H,2-3,8-11H2,1H3,(H,19,25)(H2,20,21,24)/t12-,16+/m1/s1. The molecule has 1 aliphatic carbocycles. The van der Waals surface area contributed by atoms with Crippen molar-refractivity contribution in [2.45, 2.75) is 50.7 Å². The number of rotatable bonds is 5. The van der Waals surface area contributed by atoms with Gasteiger partial charge in [-0.15, -0.1) is 0 Å². The minimum absolute atomic E-state index is 0.00505. The Balaban J connectivity index is 1.52. The monoisotopic (exact) mass is 346 g/mol. The minimum Gasteiger partial charge on any atom is -0.394 e. The van der Waals surface area contributed by atoms with Crippen LogP contribution in [0.25, 0.3) is 0 Å². The van der Waals surface area contributed by atoms with E-state index in [9.17, 15) is 14.7 Å². The molecule has 7 heteroatoms. The lowest BCUT2D eigenvalue weighted by molar-refractivity contribution is 0.155. The van der Waals surface area contributed by atoms with Gasteiger partial charge >= 0.3 is 12.1 Å². The first-order chi connectivity index (χ1) is 12.1. The van der Waals surface area contributed by atoms with Gasteiger partial charge in [0.05, 0.1) is 18.7 Å². The molecule has 4 N–H and O–H groups in total. The Morgan fingerprint density at radius 3 is 2.60 bits per heavy atom. The molecule has 1 saturated carbocycles. The van der Waals surface area contributed by atoms with E-state index in [4.69, 9.17) is 0 Å². The van der Waals surface area contributed by atoms with E-state index in [-0.39, 0.29) is 30.8 Å². The van der Waals surface area contributed by atoms with Crippen molar-refractivity contribution in [3.05, 3.63) is 29.8 Å². The highest BCUT2D eigenvalue weighted by Crippen LogP contribution is 2.21. The van der Waals surface area contributed by atoms with Crippen LogP contribution in [0.4, 0.5) is 15.3 Å². The molecule has 1 saturated heterocycles. The van der Waals surface area contributed by atoms with E-state index in [0.29, 0.717) is 12.6 Å². The number of nitrogens with zero attached hydrogens (tertiary/aromatic N) is 1. The summed E-state index contributed by atoms with van der Waals surface area (Å²) in [5.74, 6) is 0. The Bertz CT molecular complexity index is 615. The average molecular weight is 346 g/mol. The number of nitrogens with one attached hydrogen (secondary N) is 3. The first-order valence-corrected chi connectivity index (χ1v) is 8.92. The lowest BCUT2D eigenvalue weighted by Gasteiger charge is -2.25. The number of carbonyl (C=O) groups is 2. The molecule has 2 atom stereocenters. The minimum atomic E-state index is -0.180. The normalized spacial score (nSPS) is 20.9. The van der Waals surface area contributed by atoms with Crippen molar-refractivity contribution in [3.8, 4) is 0 Å². The summed E-state index contributed by atoms with van der Waals surface area (Å²) in [4.78, 5) is 25.8. The summed E-state index contributed by atoms with van der Waals surface area (Å²) in [6, 6.07) is 7.22. The lowest BCUT2D eigenvalue weighted by Crippen LogP contribution is -2.44. The molecule has 3 rings (SSSR count). The highest BCUT2D eigenvalue weighted by Gasteiger charge is 2.28. The maximum atomic E-state index is 12.4. The third-order valence-electron chi connectivity index (χ3n) is 4.77. The molecule has 0 aromatic heterocycles. The van der Waals surface area contributed by atoms with Gasteiger partial charge in [-0.2, -0.15) is 0 Å². The van der Waals surface area contributed by atoms with Gasteiger partial charge in [-0.1, -0.05) is 12.1 Å². The molecule has 0 bridgehead atoms. The number of anilines is 1. The molecule has 0 spiro atoms. The van der Waals surface area contributed by atoms with Crippen molar-refractivity contribution in [2.24, 2.45) is 0 Å². The topological polar surface area (TPSA) is 93.7 Å². The Morgan fingerprint density at radius 2 is 1.96 bits per heavy atom. The van der Waals surface area contributed by atoms with Crippen LogP contribution in [0.1, 0.15) is 44.2 Å². The molecule has 2 fully saturated rings. The Morgan fingerprint density at radius 1 is 1.24 bits per heavy atom. The van der Waals surface area contributed by atoms with Crippen molar-refractivity contribution in [1.29, 1.82) is 0 Å². The first-order valence-electron chi connectivity index (χ1n) is 8.92. The van der Waals surface area contributed by atoms with Crippen LogP contribution in [-0.4, -0.2) is 47.3 Å². The summed E-state index contributed by atoms with van der Waals surface area (Å²) in [7, 11) is 0. The van der Waals surface area contributed by atoms with E-state index < -0.39 is 0 Å². The predicted octanol–water partition coefficient (Wildman–Crippen LogP) is 2.20. The highest BCUT2D eigenvalue weighted by molar-refractivity contribution is 5.89. The van der Waals surface area contributed by atoms with Gasteiger partial charge in [-0.25, -0.2) is 9.59 Å². The molecule has 1 aliphatic heterocycles. The highest BCUT2D eigenvalue weighted by atomic mass is 16.3. The second-order valence-electron chi connectivity index (χ2n) is 6.84. The zero-order valence-electron chi connectivity index (χ0n) is 14.5. The van der Waals surface area contributed by atoms with Gasteiger partial charge < -0.3 is 26.0 Å². The molecule has 1 aromatic rings. The number of aliphatic hydroxyl groups excluding tert-OH is 1. The molecular weight excluding hydrogens is 320 g/mol. The second kappa shape index (κ2) is 7.74. The smallest absolute Gasteiger partial charge is 0.319 e. The summed E-state index contributed by atoms with van der Waals surface area (Å²) in [5, 5.41) is 18.0. The van der Waals surface area contributed by atoms with Crippen LogP contribution < -0.4 is 16.0 Å². The lowest BCUT2D eigenvalue weighted by atomic mass is 10.1. The Hall–Kier alpha value is -2.28. The number of hydrogen-bond donors (Lipinski definition) is 4. The summed E-state index contributed by atoms with van der Waals surface area (Å²) in [5.41, 5.74) is 1.68. The third-order valence-corrected chi connectivity index (χ3v) is 4.77. The summed E-state index contributed by atoms with van der Waals surface area (Å²) in [6.07, 6.45) is 3.88. The van der Waals surface area contributed by atoms with Crippen molar-refractivity contribution in [1.82, 2.24) is 15.5 Å². The molecule has 1 aromatic carbocycles. The van der Waals surface area contributed by atoms with Crippen LogP contribution in [0.15, 0.2) is 24.3 Å². The average Bonchev–Trinajstić information content (AvgIpc) is 3.27. The van der Waals surface area contributed by atoms with Gasteiger partial charge in [0.25, 0.3) is 0 Å². The quantitative estimate of drug-likeness (QED) is 0.658. The van der Waals surface area contributed by atoms with Crippen LogP contribution in [-0.2, 0) is 0 Å². The third kappa shape index (κ3) is 4.63. The SMILES string of the molecule is C[C@@H](NC(=O)N1CCC[C@H]1CO)c1ccc(NC(=O)NC2CC2)cc1. The van der Waals surface area contributed by atoms with Gasteiger partial charge in [0.2, 0.25) is 0 Å². The van der Waals surface area contributed by atoms with Crippen molar-refractivity contribution in [2.75, 3.05) is 18.5 Å². The number of benzene rings is 1. The zero-order chi connectivity index (χ0) is 17.8. The molecule has 0 unspecified atom stereocenters. The number of hydrogen-bond acceptors (Lipinski definition) is 3. The van der Waals surface area contributed by atoms with E-state index in [1.54, 1.807) is 4.90 Å². The second-order valence-corrected chi connectivity index (χ2v) is 6.84. The zero-order valence-corrected chi connectivity index (χ0v) is 14.5. The van der Waals surface area contributed by atoms with Crippen LogP contribution in [0.2, 0.25) is 0 Å². The summed E-state index contributed by atoms with van der Waals surface area (Å²) >= 11 is 0. The molecule has 4 amide bonds. The van der Waals surface area contributed by atoms with Gasteiger partial charge in [-0.05, 0) is 50.3 Å². The van der Waals surface area contributed by atoms with E-state index in [1.165, 1.54) is 0 Å². The van der Waals surface area contributed by atoms with Crippen molar-refractivity contribution in [3.63, 3.8) is 0 Å². The largest absolute Gasteiger partial charge is 0.394 e. The Labute approximate surface area is 147 Å². The van der Waals surface area contributed by atoms with Crippen molar-refractivity contribution < 1.29 is 14.7 Å². The van der Waals surface area contributed by atoms with Crippen LogP contribution in [0.3, 0.4) is 0 Å². The fourth-order valence-electron chi connectivity index (χ4n) is 3.08. The fraction of sp³-hybridized carbons (Fsp3) is 0.556. The number of amides is 4. The van der Waals surface area contributed by atoms with Crippen molar-refractivity contribution >= 4 is 17.7 Å². The van der Waals surface area contributed by atoms with Crippen LogP contribution in [0.5, 0.6) is 0 Å². The molecule has 2 aliphatic rings. The molecular formula is C18H26N4O3. The van der Waals surface area contributed by atoms with E-state index in [2.05, 4.69) is 16.0 Å². The van der Waals surface area contributed by atoms with Crippen LogP contribution in [0, 0.1) is 0 Å². The van der Waals surface area contributed by atoms with Gasteiger partial charge in [0, 0.05) is 18.3 Å². The number of carbonyl (C=O) groups excluding carboxylic acids is 2. The molecule has 0 radical (unpaired) electrons. The fourth-order valence-corrected chi connectivity index (χ4v) is 3.08. The first kappa shape index (κ1) is 17.5. The number of likely N-dealkylation sites (tertiary alicyclic amines) is 1. The number of urea groups is 2. The maximum absolute atomic E-state index is 12.4. The van der Waals surface area contributed by atoms with E-state index in [0.717, 1.165) is 36.9 Å². The molecule has 1 heterocycles. The Kier molecular flexibility index (Phi) is 5.43. The predicted molar refractivity (Wildman–Crippen MR) is 95.4 cm³/mol. The molecule has 7 nitrogen and oxygen atoms in total. The van der Waals surface area contributed by atoms with Gasteiger partial charge in [0.1, 0.15) is 0 Å². The summed E-state index contributed by atoms with van der Waals surface area (Å²) < 4.78 is 0. The van der Waals surface area contributed by atoms with E-state index in [1.807, 2.05) is 31.2 Å². The van der Waals surface area contributed by atoms with Crippen LogP contribution >= 0.6 is 0 Å². The molecule has 25 heavy (non-hydrogen) atoms.